The van der Waals surface area contributed by atoms with Crippen molar-refractivity contribution in [1.29, 1.82) is 0 Å². The largest absolute Gasteiger partial charge is 0.313 e. The predicted molar refractivity (Wildman–Crippen MR) is 62.5 cm³/mol. The molecule has 1 rings (SSSR count). The Morgan fingerprint density at radius 2 is 2.08 bits per heavy atom. The molecule has 0 aromatic heterocycles. The van der Waals surface area contributed by atoms with Gasteiger partial charge in [0.15, 0.2) is 0 Å². The Balaban J connectivity index is 1.88. The number of hydrogen-bond acceptors (Lipinski definition) is 2. The Morgan fingerprint density at radius 3 is 2.69 bits per heavy atom. The van der Waals surface area contributed by atoms with Gasteiger partial charge in [-0.05, 0) is 19.3 Å². The van der Waals surface area contributed by atoms with E-state index in [9.17, 15) is 0 Å². The summed E-state index contributed by atoms with van der Waals surface area (Å²) in [5.74, 6) is 1.28. The molecule has 0 aromatic rings. The van der Waals surface area contributed by atoms with Crippen LogP contribution in [0.4, 0.5) is 0 Å². The summed E-state index contributed by atoms with van der Waals surface area (Å²) in [5.41, 5.74) is 0. The summed E-state index contributed by atoms with van der Waals surface area (Å²) in [4.78, 5) is 0. The van der Waals surface area contributed by atoms with Crippen molar-refractivity contribution in [3.63, 3.8) is 0 Å². The molecule has 0 aliphatic heterocycles. The molecular weight excluding hydrogens is 178 g/mol. The minimum Gasteiger partial charge on any atom is -0.313 e. The highest BCUT2D eigenvalue weighted by Crippen LogP contribution is 2.18. The maximum Gasteiger partial charge on any atom is 0.00673 e. The Hall–Kier alpha value is 0.310. The molecule has 78 valence electrons. The molecule has 1 saturated carbocycles. The average Bonchev–Trinajstić information content (AvgIpc) is 2.64. The first-order valence-electron chi connectivity index (χ1n) is 5.68. The maximum atomic E-state index is 3.64. The summed E-state index contributed by atoms with van der Waals surface area (Å²) in [6.07, 6.45) is 7.00. The van der Waals surface area contributed by atoms with Crippen LogP contribution in [-0.2, 0) is 0 Å². The van der Waals surface area contributed by atoms with Crippen molar-refractivity contribution in [1.82, 2.24) is 5.32 Å². The van der Waals surface area contributed by atoms with E-state index in [1.54, 1.807) is 0 Å². The lowest BCUT2D eigenvalue weighted by atomic mass is 10.2. The van der Waals surface area contributed by atoms with Crippen molar-refractivity contribution in [3.05, 3.63) is 0 Å². The number of rotatable bonds is 6. The van der Waals surface area contributed by atoms with Crippen molar-refractivity contribution in [3.8, 4) is 0 Å². The summed E-state index contributed by atoms with van der Waals surface area (Å²) >= 11 is 2.10. The lowest BCUT2D eigenvalue weighted by molar-refractivity contribution is 0.545. The van der Waals surface area contributed by atoms with Crippen LogP contribution in [0.25, 0.3) is 0 Å². The molecule has 0 radical (unpaired) electrons. The van der Waals surface area contributed by atoms with Crippen LogP contribution in [0.5, 0.6) is 0 Å². The number of thioether (sulfide) groups is 1. The Morgan fingerprint density at radius 1 is 1.38 bits per heavy atom. The van der Waals surface area contributed by atoms with Gasteiger partial charge < -0.3 is 5.32 Å². The normalized spacial score (nSPS) is 20.8. The van der Waals surface area contributed by atoms with E-state index in [0.717, 1.165) is 11.3 Å². The van der Waals surface area contributed by atoms with Crippen LogP contribution in [0.3, 0.4) is 0 Å². The quantitative estimate of drug-likeness (QED) is 0.663. The second-order valence-corrected chi connectivity index (χ2v) is 5.57. The zero-order valence-electron chi connectivity index (χ0n) is 9.01. The molecule has 0 aromatic carbocycles. The highest BCUT2D eigenvalue weighted by atomic mass is 32.2. The van der Waals surface area contributed by atoms with Crippen molar-refractivity contribution in [2.75, 3.05) is 12.3 Å². The SMILES string of the molecule is CCC(C)SCCNC1CCCC1. The molecule has 1 aliphatic rings. The molecule has 13 heavy (non-hydrogen) atoms. The van der Waals surface area contributed by atoms with Crippen LogP contribution in [0, 0.1) is 0 Å². The summed E-state index contributed by atoms with van der Waals surface area (Å²) < 4.78 is 0. The first-order valence-corrected chi connectivity index (χ1v) is 6.72. The highest BCUT2D eigenvalue weighted by Gasteiger charge is 2.13. The Labute approximate surface area is 87.1 Å². The van der Waals surface area contributed by atoms with Crippen LogP contribution in [0.15, 0.2) is 0 Å². The van der Waals surface area contributed by atoms with Crippen LogP contribution in [-0.4, -0.2) is 23.6 Å². The summed E-state index contributed by atoms with van der Waals surface area (Å²) in [6.45, 7) is 5.79. The third kappa shape index (κ3) is 4.92. The van der Waals surface area contributed by atoms with Gasteiger partial charge in [-0.3, -0.25) is 0 Å². The lowest BCUT2D eigenvalue weighted by Crippen LogP contribution is -2.28. The molecule has 0 amide bonds. The Kier molecular flexibility index (Phi) is 5.88. The van der Waals surface area contributed by atoms with Crippen LogP contribution in [0.2, 0.25) is 0 Å². The van der Waals surface area contributed by atoms with Gasteiger partial charge in [0.05, 0.1) is 0 Å². The molecule has 0 heterocycles. The van der Waals surface area contributed by atoms with Crippen molar-refractivity contribution in [2.24, 2.45) is 0 Å². The fourth-order valence-electron chi connectivity index (χ4n) is 1.77. The first-order chi connectivity index (χ1) is 6.33. The number of hydrogen-bond donors (Lipinski definition) is 1. The second kappa shape index (κ2) is 6.72. The van der Waals surface area contributed by atoms with E-state index in [4.69, 9.17) is 0 Å². The van der Waals surface area contributed by atoms with Gasteiger partial charge in [0.2, 0.25) is 0 Å². The van der Waals surface area contributed by atoms with Gasteiger partial charge in [-0.25, -0.2) is 0 Å². The molecule has 0 bridgehead atoms. The molecule has 1 atom stereocenters. The monoisotopic (exact) mass is 201 g/mol. The first kappa shape index (κ1) is 11.4. The van der Waals surface area contributed by atoms with E-state index in [-0.39, 0.29) is 0 Å². The zero-order chi connectivity index (χ0) is 9.52. The molecule has 1 fully saturated rings. The van der Waals surface area contributed by atoms with Crippen molar-refractivity contribution >= 4 is 11.8 Å². The van der Waals surface area contributed by atoms with Gasteiger partial charge in [-0.1, -0.05) is 26.7 Å². The summed E-state index contributed by atoms with van der Waals surface area (Å²) in [6, 6.07) is 0.845. The average molecular weight is 201 g/mol. The van der Waals surface area contributed by atoms with Gasteiger partial charge in [0, 0.05) is 23.6 Å². The number of nitrogens with one attached hydrogen (secondary N) is 1. The smallest absolute Gasteiger partial charge is 0.00673 e. The standard InChI is InChI=1S/C11H23NS/c1-3-10(2)13-9-8-12-11-6-4-5-7-11/h10-12H,3-9H2,1-2H3. The fourth-order valence-corrected chi connectivity index (χ4v) is 2.64. The van der Waals surface area contributed by atoms with Gasteiger partial charge in [0.1, 0.15) is 0 Å². The van der Waals surface area contributed by atoms with E-state index in [1.807, 2.05) is 0 Å². The summed E-state index contributed by atoms with van der Waals surface area (Å²) in [5, 5.41) is 4.48. The molecule has 1 nitrogen and oxygen atoms in total. The minimum absolute atomic E-state index is 0.838. The fraction of sp³-hybridized carbons (Fsp3) is 1.00. The molecule has 1 unspecified atom stereocenters. The molecule has 2 heteroatoms. The molecule has 1 aliphatic carbocycles. The van der Waals surface area contributed by atoms with E-state index in [1.165, 1.54) is 44.4 Å². The van der Waals surface area contributed by atoms with Crippen LogP contribution in [0.1, 0.15) is 46.0 Å². The molecule has 1 N–H and O–H groups in total. The maximum absolute atomic E-state index is 3.64. The molecular formula is C11H23NS. The predicted octanol–water partition coefficient (Wildman–Crippen LogP) is 3.05. The second-order valence-electron chi connectivity index (χ2n) is 4.03. The topological polar surface area (TPSA) is 12.0 Å². The minimum atomic E-state index is 0.838. The van der Waals surface area contributed by atoms with Gasteiger partial charge >= 0.3 is 0 Å². The lowest BCUT2D eigenvalue weighted by Gasteiger charge is -2.12. The van der Waals surface area contributed by atoms with Gasteiger partial charge in [0.25, 0.3) is 0 Å². The van der Waals surface area contributed by atoms with E-state index in [2.05, 4.69) is 30.9 Å². The molecule has 0 spiro atoms. The third-order valence-corrected chi connectivity index (χ3v) is 4.21. The molecule has 0 saturated heterocycles. The van der Waals surface area contributed by atoms with Crippen molar-refractivity contribution in [2.45, 2.75) is 57.2 Å². The van der Waals surface area contributed by atoms with E-state index < -0.39 is 0 Å². The highest BCUT2D eigenvalue weighted by molar-refractivity contribution is 7.99. The zero-order valence-corrected chi connectivity index (χ0v) is 9.83. The van der Waals surface area contributed by atoms with Crippen LogP contribution >= 0.6 is 11.8 Å². The van der Waals surface area contributed by atoms with Gasteiger partial charge in [-0.2, -0.15) is 11.8 Å². The third-order valence-electron chi connectivity index (χ3n) is 2.87. The van der Waals surface area contributed by atoms with E-state index in [0.29, 0.717) is 0 Å². The summed E-state index contributed by atoms with van der Waals surface area (Å²) in [7, 11) is 0. The Bertz CT molecular complexity index is 121. The van der Waals surface area contributed by atoms with E-state index >= 15 is 0 Å². The van der Waals surface area contributed by atoms with Crippen LogP contribution < -0.4 is 5.32 Å². The van der Waals surface area contributed by atoms with Crippen molar-refractivity contribution < 1.29 is 0 Å². The van der Waals surface area contributed by atoms with Gasteiger partial charge in [-0.15, -0.1) is 0 Å².